The molecule has 7 heavy (non-hydrogen) atoms. The quantitative estimate of drug-likeness (QED) is 0.365. The van der Waals surface area contributed by atoms with Gasteiger partial charge in [0.05, 0.1) is 0 Å². The van der Waals surface area contributed by atoms with Gasteiger partial charge in [0, 0.05) is 0 Å². The van der Waals surface area contributed by atoms with E-state index < -0.39 is 0 Å². The van der Waals surface area contributed by atoms with Gasteiger partial charge in [0.1, 0.15) is 0 Å². The van der Waals surface area contributed by atoms with Crippen LogP contribution in [0.4, 0.5) is 0 Å². The van der Waals surface area contributed by atoms with Crippen LogP contribution < -0.4 is 11.5 Å². The van der Waals surface area contributed by atoms with E-state index in [0.29, 0.717) is 0 Å². The molecule has 0 unspecified atom stereocenters. The van der Waals surface area contributed by atoms with Crippen molar-refractivity contribution in [1.82, 2.24) is 0 Å². The van der Waals surface area contributed by atoms with E-state index in [1.165, 1.54) is 0 Å². The monoisotopic (exact) mass is 112 g/mol. The first-order valence-electron chi connectivity index (χ1n) is 2.32. The molecule has 40 valence electrons. The van der Waals surface area contributed by atoms with E-state index >= 15 is 0 Å². The van der Waals surface area contributed by atoms with Gasteiger partial charge < -0.3 is 11.5 Å². The molecule has 2 nitrogen and oxygen atoms in total. The third kappa shape index (κ3) is 10.9. The molecular formula is C4H13N2Na. The first-order valence-corrected chi connectivity index (χ1v) is 2.32. The topological polar surface area (TPSA) is 52.0 Å². The van der Waals surface area contributed by atoms with Crippen molar-refractivity contribution in [3.05, 3.63) is 0 Å². The van der Waals surface area contributed by atoms with E-state index in [0.717, 1.165) is 25.9 Å². The van der Waals surface area contributed by atoms with Crippen LogP contribution in [-0.4, -0.2) is 42.6 Å². The molecule has 0 aromatic rings. The second-order valence-electron chi connectivity index (χ2n) is 1.28. The molecule has 0 bridgehead atoms. The van der Waals surface area contributed by atoms with Crippen LogP contribution >= 0.6 is 0 Å². The number of nitrogens with two attached hydrogens (primary N) is 2. The molecule has 0 saturated carbocycles. The van der Waals surface area contributed by atoms with Gasteiger partial charge >= 0.3 is 29.6 Å². The van der Waals surface area contributed by atoms with Crippen molar-refractivity contribution in [2.45, 2.75) is 12.8 Å². The van der Waals surface area contributed by atoms with Gasteiger partial charge in [-0.2, -0.15) is 0 Å². The van der Waals surface area contributed by atoms with E-state index in [1.54, 1.807) is 0 Å². The average Bonchev–Trinajstić information content (AvgIpc) is 1.61. The summed E-state index contributed by atoms with van der Waals surface area (Å²) in [5.41, 5.74) is 10.3. The fourth-order valence-corrected chi connectivity index (χ4v) is 0.289. The first kappa shape index (κ1) is 10.8. The fourth-order valence-electron chi connectivity index (χ4n) is 0.289. The Morgan fingerprint density at radius 2 is 1.14 bits per heavy atom. The number of unbranched alkanes of at least 4 members (excludes halogenated alkanes) is 1. The first-order chi connectivity index (χ1) is 2.91. The van der Waals surface area contributed by atoms with Gasteiger partial charge in [-0.05, 0) is 25.9 Å². The van der Waals surface area contributed by atoms with Gasteiger partial charge in [-0.15, -0.1) is 0 Å². The predicted molar refractivity (Wildman–Crippen MR) is 34.5 cm³/mol. The van der Waals surface area contributed by atoms with Crippen LogP contribution in [0.3, 0.4) is 0 Å². The van der Waals surface area contributed by atoms with Crippen LogP contribution in [0.1, 0.15) is 12.8 Å². The molecule has 0 aromatic carbocycles. The van der Waals surface area contributed by atoms with Gasteiger partial charge in [-0.25, -0.2) is 0 Å². The SMILES string of the molecule is NCCCCN.[NaH]. The zero-order valence-corrected chi connectivity index (χ0v) is 3.98. The minimum absolute atomic E-state index is 0. The van der Waals surface area contributed by atoms with E-state index in [2.05, 4.69) is 0 Å². The summed E-state index contributed by atoms with van der Waals surface area (Å²) in [6.45, 7) is 1.55. The van der Waals surface area contributed by atoms with Gasteiger partial charge in [0.15, 0.2) is 0 Å². The van der Waals surface area contributed by atoms with Crippen molar-refractivity contribution in [1.29, 1.82) is 0 Å². The Kier molecular flexibility index (Phi) is 15.5. The predicted octanol–water partition coefficient (Wildman–Crippen LogP) is -0.964. The van der Waals surface area contributed by atoms with Gasteiger partial charge in [0.2, 0.25) is 0 Å². The summed E-state index contributed by atoms with van der Waals surface area (Å²) in [5.74, 6) is 0. The maximum atomic E-state index is 5.16. The Hall–Kier alpha value is 0.920. The third-order valence-electron chi connectivity index (χ3n) is 0.658. The summed E-state index contributed by atoms with van der Waals surface area (Å²) in [7, 11) is 0. The Labute approximate surface area is 66.9 Å². The molecule has 0 aliphatic heterocycles. The molecule has 0 aliphatic carbocycles. The van der Waals surface area contributed by atoms with E-state index in [1.807, 2.05) is 0 Å². The Balaban J connectivity index is 0. The van der Waals surface area contributed by atoms with Crippen LogP contribution in [-0.2, 0) is 0 Å². The van der Waals surface area contributed by atoms with E-state index in [9.17, 15) is 0 Å². The van der Waals surface area contributed by atoms with Crippen LogP contribution in [0, 0.1) is 0 Å². The molecule has 4 N–H and O–H groups in total. The fraction of sp³-hybridized carbons (Fsp3) is 1.00. The summed E-state index contributed by atoms with van der Waals surface area (Å²) in [6, 6.07) is 0. The minimum atomic E-state index is 0. The van der Waals surface area contributed by atoms with Crippen molar-refractivity contribution >= 4 is 29.6 Å². The van der Waals surface area contributed by atoms with E-state index in [4.69, 9.17) is 11.5 Å². The Morgan fingerprint density at radius 1 is 0.857 bits per heavy atom. The summed E-state index contributed by atoms with van der Waals surface area (Å²) in [5, 5.41) is 0. The molecule has 0 radical (unpaired) electrons. The van der Waals surface area contributed by atoms with Crippen molar-refractivity contribution in [3.8, 4) is 0 Å². The Bertz CT molecular complexity index is 21.7. The van der Waals surface area contributed by atoms with Crippen LogP contribution in [0.5, 0.6) is 0 Å². The summed E-state index contributed by atoms with van der Waals surface area (Å²) in [4.78, 5) is 0. The second kappa shape index (κ2) is 10.0. The van der Waals surface area contributed by atoms with Crippen LogP contribution in [0.2, 0.25) is 0 Å². The molecule has 0 rings (SSSR count). The molecule has 0 spiro atoms. The molecule has 0 heterocycles. The number of hydrogen-bond acceptors (Lipinski definition) is 2. The number of rotatable bonds is 3. The van der Waals surface area contributed by atoms with Gasteiger partial charge in [-0.3, -0.25) is 0 Å². The molecular weight excluding hydrogens is 99.0 g/mol. The molecule has 0 atom stereocenters. The molecule has 0 saturated heterocycles. The third-order valence-corrected chi connectivity index (χ3v) is 0.658. The molecule has 0 fully saturated rings. The van der Waals surface area contributed by atoms with Crippen molar-refractivity contribution < 1.29 is 0 Å². The second-order valence-corrected chi connectivity index (χ2v) is 1.28. The zero-order chi connectivity index (χ0) is 4.83. The average molecular weight is 112 g/mol. The van der Waals surface area contributed by atoms with Crippen molar-refractivity contribution in [2.24, 2.45) is 11.5 Å². The normalized spacial score (nSPS) is 7.71. The van der Waals surface area contributed by atoms with Crippen LogP contribution in [0.25, 0.3) is 0 Å². The van der Waals surface area contributed by atoms with Gasteiger partial charge in [-0.1, -0.05) is 0 Å². The summed E-state index contributed by atoms with van der Waals surface area (Å²) < 4.78 is 0. The van der Waals surface area contributed by atoms with Crippen LogP contribution in [0.15, 0.2) is 0 Å². The van der Waals surface area contributed by atoms with Crippen molar-refractivity contribution in [2.75, 3.05) is 13.1 Å². The summed E-state index contributed by atoms with van der Waals surface area (Å²) >= 11 is 0. The van der Waals surface area contributed by atoms with Crippen molar-refractivity contribution in [3.63, 3.8) is 0 Å². The molecule has 0 aromatic heterocycles. The van der Waals surface area contributed by atoms with Gasteiger partial charge in [0.25, 0.3) is 0 Å². The number of hydrogen-bond donors (Lipinski definition) is 2. The molecule has 0 aliphatic rings. The van der Waals surface area contributed by atoms with E-state index in [-0.39, 0.29) is 29.6 Å². The zero-order valence-electron chi connectivity index (χ0n) is 3.98. The maximum absolute atomic E-state index is 5.16. The Morgan fingerprint density at radius 3 is 1.29 bits per heavy atom. The molecule has 3 heteroatoms. The summed E-state index contributed by atoms with van der Waals surface area (Å²) in [6.07, 6.45) is 2.13. The standard InChI is InChI=1S/C4H12N2.Na.H/c5-3-1-2-4-6;;/h1-6H2;;. The molecule has 0 amide bonds.